The molecule has 2 unspecified atom stereocenters. The van der Waals surface area contributed by atoms with E-state index in [9.17, 15) is 8.42 Å². The van der Waals surface area contributed by atoms with Gasteiger partial charge in [0, 0.05) is 0 Å². The Balaban J connectivity index is 2.02. The molecule has 2 N–H and O–H groups in total. The van der Waals surface area contributed by atoms with Crippen LogP contribution in [-0.4, -0.2) is 27.2 Å². The van der Waals surface area contributed by atoms with Crippen molar-refractivity contribution >= 4 is 21.6 Å². The van der Waals surface area contributed by atoms with Crippen LogP contribution in [0.3, 0.4) is 0 Å². The molecule has 1 aromatic carbocycles. The fourth-order valence-electron chi connectivity index (χ4n) is 1.97. The molecule has 1 saturated heterocycles. The van der Waals surface area contributed by atoms with Gasteiger partial charge >= 0.3 is 0 Å². The van der Waals surface area contributed by atoms with Crippen LogP contribution in [-0.2, 0) is 14.8 Å². The highest BCUT2D eigenvalue weighted by molar-refractivity contribution is 7.89. The fourth-order valence-corrected chi connectivity index (χ4v) is 2.81. The first-order chi connectivity index (χ1) is 8.86. The molecule has 2 rings (SSSR count). The molecule has 1 aromatic rings. The molecule has 7 heteroatoms. The van der Waals surface area contributed by atoms with Gasteiger partial charge in [-0.1, -0.05) is 11.6 Å². The summed E-state index contributed by atoms with van der Waals surface area (Å²) in [6, 6.07) is 4.15. The Labute approximate surface area is 117 Å². The predicted molar refractivity (Wildman–Crippen MR) is 71.9 cm³/mol. The summed E-state index contributed by atoms with van der Waals surface area (Å²) in [6.07, 6.45) is 2.29. The van der Waals surface area contributed by atoms with Crippen molar-refractivity contribution in [2.45, 2.75) is 36.9 Å². The van der Waals surface area contributed by atoms with Crippen LogP contribution in [0.1, 0.15) is 19.8 Å². The van der Waals surface area contributed by atoms with Crippen LogP contribution in [0.15, 0.2) is 23.1 Å². The summed E-state index contributed by atoms with van der Waals surface area (Å²) in [7, 11) is -3.74. The van der Waals surface area contributed by atoms with Crippen molar-refractivity contribution in [3.8, 4) is 5.75 Å². The standard InChI is InChI=1S/C12H16ClNO4S/c1-8-2-3-9(18-8)7-17-12-5-4-10(6-11(12)13)19(14,15)16/h4-6,8-9H,2-3,7H2,1H3,(H2,14,15,16). The van der Waals surface area contributed by atoms with Crippen LogP contribution in [0, 0.1) is 0 Å². The summed E-state index contributed by atoms with van der Waals surface area (Å²) >= 11 is 5.96. The van der Waals surface area contributed by atoms with Crippen LogP contribution in [0.25, 0.3) is 0 Å². The molecule has 1 fully saturated rings. The van der Waals surface area contributed by atoms with Gasteiger partial charge in [-0.3, -0.25) is 0 Å². The number of sulfonamides is 1. The van der Waals surface area contributed by atoms with Crippen molar-refractivity contribution in [2.75, 3.05) is 6.61 Å². The molecule has 106 valence electrons. The number of hydrogen-bond acceptors (Lipinski definition) is 4. The number of primary sulfonamides is 1. The fraction of sp³-hybridized carbons (Fsp3) is 0.500. The SMILES string of the molecule is CC1CCC(COc2ccc(S(N)(=O)=O)cc2Cl)O1. The van der Waals surface area contributed by atoms with E-state index in [1.807, 2.05) is 6.92 Å². The highest BCUT2D eigenvalue weighted by Gasteiger charge is 2.22. The quantitative estimate of drug-likeness (QED) is 0.922. The van der Waals surface area contributed by atoms with Crippen molar-refractivity contribution in [3.05, 3.63) is 23.2 Å². The van der Waals surface area contributed by atoms with Crippen LogP contribution in [0.5, 0.6) is 5.75 Å². The van der Waals surface area contributed by atoms with Gasteiger partial charge in [0.15, 0.2) is 0 Å². The molecule has 1 heterocycles. The third-order valence-electron chi connectivity index (χ3n) is 2.98. The molecule has 0 radical (unpaired) electrons. The predicted octanol–water partition coefficient (Wildman–Crippen LogP) is 1.93. The molecule has 19 heavy (non-hydrogen) atoms. The topological polar surface area (TPSA) is 78.6 Å². The number of nitrogens with two attached hydrogens (primary N) is 1. The van der Waals surface area contributed by atoms with Gasteiger partial charge in [0.1, 0.15) is 12.4 Å². The third-order valence-corrected chi connectivity index (χ3v) is 4.18. The number of hydrogen-bond donors (Lipinski definition) is 1. The maximum Gasteiger partial charge on any atom is 0.238 e. The van der Waals surface area contributed by atoms with Crippen LogP contribution in [0.2, 0.25) is 5.02 Å². The summed E-state index contributed by atoms with van der Waals surface area (Å²) in [5.74, 6) is 0.428. The summed E-state index contributed by atoms with van der Waals surface area (Å²) in [5, 5.41) is 5.24. The Kier molecular flexibility index (Phi) is 4.35. The van der Waals surface area contributed by atoms with Crippen LogP contribution >= 0.6 is 11.6 Å². The van der Waals surface area contributed by atoms with E-state index in [1.165, 1.54) is 18.2 Å². The van der Waals surface area contributed by atoms with Gasteiger partial charge in [0.2, 0.25) is 10.0 Å². The lowest BCUT2D eigenvalue weighted by molar-refractivity contribution is 0.0265. The van der Waals surface area contributed by atoms with E-state index in [0.717, 1.165) is 12.8 Å². The first-order valence-electron chi connectivity index (χ1n) is 5.97. The first-order valence-corrected chi connectivity index (χ1v) is 7.89. The van der Waals surface area contributed by atoms with Crippen molar-refractivity contribution in [1.82, 2.24) is 0 Å². The smallest absolute Gasteiger partial charge is 0.238 e. The Morgan fingerprint density at radius 3 is 2.74 bits per heavy atom. The second-order valence-electron chi connectivity index (χ2n) is 4.59. The monoisotopic (exact) mass is 305 g/mol. The summed E-state index contributed by atoms with van der Waals surface area (Å²) in [5.41, 5.74) is 0. The molecule has 5 nitrogen and oxygen atoms in total. The average molecular weight is 306 g/mol. The van der Waals surface area contributed by atoms with Crippen LogP contribution < -0.4 is 9.88 Å². The van der Waals surface area contributed by atoms with Gasteiger partial charge in [0.05, 0.1) is 22.1 Å². The zero-order valence-electron chi connectivity index (χ0n) is 10.5. The summed E-state index contributed by atoms with van der Waals surface area (Å²) in [4.78, 5) is -0.0319. The Morgan fingerprint density at radius 1 is 1.47 bits per heavy atom. The number of ether oxygens (including phenoxy) is 2. The van der Waals surface area contributed by atoms with E-state index < -0.39 is 10.0 Å². The Bertz CT molecular complexity index is 561. The van der Waals surface area contributed by atoms with E-state index >= 15 is 0 Å². The minimum absolute atomic E-state index is 0.0319. The molecule has 0 aromatic heterocycles. The Morgan fingerprint density at radius 2 is 2.21 bits per heavy atom. The largest absolute Gasteiger partial charge is 0.489 e. The van der Waals surface area contributed by atoms with E-state index in [1.54, 1.807) is 0 Å². The lowest BCUT2D eigenvalue weighted by Crippen LogP contribution is -2.18. The lowest BCUT2D eigenvalue weighted by atomic mass is 10.2. The third kappa shape index (κ3) is 3.82. The van der Waals surface area contributed by atoms with Gasteiger partial charge < -0.3 is 9.47 Å². The highest BCUT2D eigenvalue weighted by Crippen LogP contribution is 2.28. The molecule has 0 saturated carbocycles. The molecule has 0 bridgehead atoms. The zero-order valence-corrected chi connectivity index (χ0v) is 12.1. The maximum absolute atomic E-state index is 11.2. The number of halogens is 1. The average Bonchev–Trinajstić information content (AvgIpc) is 2.72. The van der Waals surface area contributed by atoms with Gasteiger partial charge in [-0.05, 0) is 38.0 Å². The van der Waals surface area contributed by atoms with Crippen molar-refractivity contribution < 1.29 is 17.9 Å². The van der Waals surface area contributed by atoms with E-state index in [0.29, 0.717) is 12.4 Å². The van der Waals surface area contributed by atoms with Crippen molar-refractivity contribution in [3.63, 3.8) is 0 Å². The minimum Gasteiger partial charge on any atom is -0.489 e. The molecule has 1 aliphatic heterocycles. The number of rotatable bonds is 4. The first kappa shape index (κ1) is 14.6. The van der Waals surface area contributed by atoms with Crippen molar-refractivity contribution in [1.29, 1.82) is 0 Å². The molecular weight excluding hydrogens is 290 g/mol. The van der Waals surface area contributed by atoms with Crippen LogP contribution in [0.4, 0.5) is 0 Å². The van der Waals surface area contributed by atoms with E-state index in [2.05, 4.69) is 0 Å². The van der Waals surface area contributed by atoms with Crippen molar-refractivity contribution in [2.24, 2.45) is 5.14 Å². The molecule has 0 amide bonds. The zero-order chi connectivity index (χ0) is 14.0. The second-order valence-corrected chi connectivity index (χ2v) is 6.56. The summed E-state index contributed by atoms with van der Waals surface area (Å²) in [6.45, 7) is 2.42. The van der Waals surface area contributed by atoms with E-state index in [-0.39, 0.29) is 22.1 Å². The molecule has 1 aliphatic rings. The maximum atomic E-state index is 11.2. The van der Waals surface area contributed by atoms with Gasteiger partial charge in [-0.15, -0.1) is 0 Å². The van der Waals surface area contributed by atoms with Gasteiger partial charge in [-0.25, -0.2) is 13.6 Å². The normalized spacial score (nSPS) is 23.5. The second kappa shape index (κ2) is 5.66. The number of benzene rings is 1. The molecule has 0 aliphatic carbocycles. The van der Waals surface area contributed by atoms with E-state index in [4.69, 9.17) is 26.2 Å². The Hall–Kier alpha value is -0.820. The lowest BCUT2D eigenvalue weighted by Gasteiger charge is -2.14. The molecular formula is C12H16ClNO4S. The van der Waals surface area contributed by atoms with Gasteiger partial charge in [-0.2, -0.15) is 0 Å². The highest BCUT2D eigenvalue weighted by atomic mass is 35.5. The molecule has 0 spiro atoms. The minimum atomic E-state index is -3.74. The molecule has 2 atom stereocenters. The van der Waals surface area contributed by atoms with Gasteiger partial charge in [0.25, 0.3) is 0 Å². The summed E-state index contributed by atoms with van der Waals surface area (Å²) < 4.78 is 33.5.